The van der Waals surface area contributed by atoms with E-state index < -0.39 is 0 Å². The van der Waals surface area contributed by atoms with Gasteiger partial charge >= 0.3 is 0 Å². The molecule has 1 saturated heterocycles. The predicted octanol–water partition coefficient (Wildman–Crippen LogP) is 3.35. The van der Waals surface area contributed by atoms with E-state index in [1.807, 2.05) is 24.1 Å². The lowest BCUT2D eigenvalue weighted by molar-refractivity contribution is -0.134. The number of ether oxygens (including phenoxy) is 1. The lowest BCUT2D eigenvalue weighted by Gasteiger charge is -2.37. The second-order valence-corrected chi connectivity index (χ2v) is 8.51. The third-order valence-electron chi connectivity index (χ3n) is 6.59. The standard InChI is InChI=1S/C25H33N3O2/c1-26(24-9-5-7-21-6-3-4-8-23(21)24)25(29)19-28-16-14-27(15-17-28)18-20-10-12-22(30-2)13-11-20/h3-4,6,8,10-13,24H,5,7,9,14-19H2,1-2H3/t24-/m1/s1. The molecule has 0 aromatic heterocycles. The Kier molecular flexibility index (Phi) is 6.70. The molecule has 1 amide bonds. The molecule has 30 heavy (non-hydrogen) atoms. The topological polar surface area (TPSA) is 36.0 Å². The summed E-state index contributed by atoms with van der Waals surface area (Å²) in [6, 6.07) is 17.1. The minimum Gasteiger partial charge on any atom is -0.497 e. The van der Waals surface area contributed by atoms with Crippen molar-refractivity contribution >= 4 is 5.91 Å². The van der Waals surface area contributed by atoms with Gasteiger partial charge in [-0.3, -0.25) is 14.6 Å². The quantitative estimate of drug-likeness (QED) is 0.736. The highest BCUT2D eigenvalue weighted by Crippen LogP contribution is 2.33. The van der Waals surface area contributed by atoms with Gasteiger partial charge in [-0.2, -0.15) is 0 Å². The molecule has 1 aliphatic carbocycles. The second kappa shape index (κ2) is 9.63. The summed E-state index contributed by atoms with van der Waals surface area (Å²) >= 11 is 0. The molecule has 1 atom stereocenters. The number of likely N-dealkylation sites (N-methyl/N-ethyl adjacent to an activating group) is 1. The average molecular weight is 408 g/mol. The fourth-order valence-corrected chi connectivity index (χ4v) is 4.70. The van der Waals surface area contributed by atoms with E-state index in [-0.39, 0.29) is 11.9 Å². The van der Waals surface area contributed by atoms with Gasteiger partial charge in [0.1, 0.15) is 5.75 Å². The van der Waals surface area contributed by atoms with Crippen molar-refractivity contribution in [2.24, 2.45) is 0 Å². The highest BCUT2D eigenvalue weighted by molar-refractivity contribution is 5.78. The zero-order chi connectivity index (χ0) is 20.9. The van der Waals surface area contributed by atoms with Crippen LogP contribution in [0.15, 0.2) is 48.5 Å². The van der Waals surface area contributed by atoms with Crippen molar-refractivity contribution in [3.63, 3.8) is 0 Å². The van der Waals surface area contributed by atoms with Crippen molar-refractivity contribution < 1.29 is 9.53 Å². The number of piperazine rings is 1. The molecule has 0 spiro atoms. The minimum atomic E-state index is 0.221. The number of methoxy groups -OCH3 is 1. The Morgan fingerprint density at radius 1 is 1.03 bits per heavy atom. The molecular weight excluding hydrogens is 374 g/mol. The third-order valence-corrected chi connectivity index (χ3v) is 6.59. The fraction of sp³-hybridized carbons (Fsp3) is 0.480. The van der Waals surface area contributed by atoms with Gasteiger partial charge in [0.15, 0.2) is 0 Å². The Morgan fingerprint density at radius 2 is 1.73 bits per heavy atom. The number of hydrogen-bond acceptors (Lipinski definition) is 4. The van der Waals surface area contributed by atoms with E-state index in [9.17, 15) is 4.79 Å². The highest BCUT2D eigenvalue weighted by Gasteiger charge is 2.28. The smallest absolute Gasteiger partial charge is 0.237 e. The van der Waals surface area contributed by atoms with E-state index in [0.29, 0.717) is 6.54 Å². The average Bonchev–Trinajstić information content (AvgIpc) is 2.80. The third kappa shape index (κ3) is 4.85. The first-order valence-electron chi connectivity index (χ1n) is 11.0. The van der Waals surface area contributed by atoms with Gasteiger partial charge < -0.3 is 9.64 Å². The normalized spacial score (nSPS) is 19.9. The summed E-state index contributed by atoms with van der Waals surface area (Å²) in [6.45, 7) is 5.34. The van der Waals surface area contributed by atoms with Gasteiger partial charge in [-0.25, -0.2) is 0 Å². The lowest BCUT2D eigenvalue weighted by Crippen LogP contribution is -2.49. The number of carbonyl (C=O) groups is 1. The van der Waals surface area contributed by atoms with Crippen LogP contribution in [0.2, 0.25) is 0 Å². The Morgan fingerprint density at radius 3 is 2.47 bits per heavy atom. The largest absolute Gasteiger partial charge is 0.497 e. The van der Waals surface area contributed by atoms with Crippen molar-refractivity contribution in [1.29, 1.82) is 0 Å². The van der Waals surface area contributed by atoms with Crippen LogP contribution in [0.5, 0.6) is 5.75 Å². The molecule has 0 N–H and O–H groups in total. The molecule has 2 aromatic rings. The first-order chi connectivity index (χ1) is 14.6. The molecule has 1 aliphatic heterocycles. The monoisotopic (exact) mass is 407 g/mol. The van der Waals surface area contributed by atoms with Gasteiger partial charge in [0.2, 0.25) is 5.91 Å². The molecular formula is C25H33N3O2. The number of nitrogens with zero attached hydrogens (tertiary/aromatic N) is 3. The molecule has 1 heterocycles. The molecule has 0 bridgehead atoms. The van der Waals surface area contributed by atoms with E-state index in [0.717, 1.165) is 57.7 Å². The minimum absolute atomic E-state index is 0.221. The van der Waals surface area contributed by atoms with E-state index in [2.05, 4.69) is 46.2 Å². The summed E-state index contributed by atoms with van der Waals surface area (Å²) in [5.41, 5.74) is 4.04. The van der Waals surface area contributed by atoms with Crippen LogP contribution in [0.25, 0.3) is 0 Å². The molecule has 5 heteroatoms. The summed E-state index contributed by atoms with van der Waals surface area (Å²) in [6.07, 6.45) is 3.35. The van der Waals surface area contributed by atoms with Crippen LogP contribution >= 0.6 is 0 Å². The zero-order valence-corrected chi connectivity index (χ0v) is 18.2. The van der Waals surface area contributed by atoms with E-state index in [1.54, 1.807) is 7.11 Å². The number of amides is 1. The number of rotatable bonds is 6. The van der Waals surface area contributed by atoms with Crippen LogP contribution in [0.3, 0.4) is 0 Å². The molecule has 4 rings (SSSR count). The van der Waals surface area contributed by atoms with E-state index >= 15 is 0 Å². The van der Waals surface area contributed by atoms with Gasteiger partial charge in [0.05, 0.1) is 19.7 Å². The van der Waals surface area contributed by atoms with Crippen molar-refractivity contribution in [1.82, 2.24) is 14.7 Å². The number of aryl methyl sites for hydroxylation is 1. The molecule has 0 radical (unpaired) electrons. The maximum Gasteiger partial charge on any atom is 0.237 e. The number of carbonyl (C=O) groups excluding carboxylic acids is 1. The van der Waals surface area contributed by atoms with Crippen LogP contribution in [-0.4, -0.2) is 67.5 Å². The molecule has 5 nitrogen and oxygen atoms in total. The molecule has 2 aromatic carbocycles. The molecule has 160 valence electrons. The summed E-state index contributed by atoms with van der Waals surface area (Å²) in [7, 11) is 3.68. The van der Waals surface area contributed by atoms with E-state index in [1.165, 1.54) is 16.7 Å². The van der Waals surface area contributed by atoms with Crippen LogP contribution in [0, 0.1) is 0 Å². The SMILES string of the molecule is COc1ccc(CN2CCN(CC(=O)N(C)[C@@H]3CCCc4ccccc43)CC2)cc1. The van der Waals surface area contributed by atoms with Gasteiger partial charge in [-0.05, 0) is 48.1 Å². The zero-order valence-electron chi connectivity index (χ0n) is 18.2. The predicted molar refractivity (Wildman–Crippen MR) is 120 cm³/mol. The number of benzene rings is 2. The number of fused-ring (bicyclic) bond motifs is 1. The van der Waals surface area contributed by atoms with Gasteiger partial charge in [0.25, 0.3) is 0 Å². The van der Waals surface area contributed by atoms with Gasteiger partial charge in [-0.1, -0.05) is 36.4 Å². The van der Waals surface area contributed by atoms with Crippen molar-refractivity contribution in [2.45, 2.75) is 31.8 Å². The first kappa shape index (κ1) is 20.9. The Hall–Kier alpha value is -2.37. The van der Waals surface area contributed by atoms with Crippen molar-refractivity contribution in [3.05, 3.63) is 65.2 Å². The Bertz CT molecular complexity index is 844. The maximum absolute atomic E-state index is 13.0. The van der Waals surface area contributed by atoms with Crippen LogP contribution in [0.4, 0.5) is 0 Å². The molecule has 0 saturated carbocycles. The molecule has 1 fully saturated rings. The molecule has 2 aliphatic rings. The summed E-state index contributed by atoms with van der Waals surface area (Å²) < 4.78 is 5.24. The first-order valence-corrected chi connectivity index (χ1v) is 11.0. The van der Waals surface area contributed by atoms with Crippen molar-refractivity contribution in [3.8, 4) is 5.75 Å². The summed E-state index contributed by atoms with van der Waals surface area (Å²) in [5.74, 6) is 1.13. The van der Waals surface area contributed by atoms with Crippen LogP contribution < -0.4 is 4.74 Å². The van der Waals surface area contributed by atoms with E-state index in [4.69, 9.17) is 4.74 Å². The van der Waals surface area contributed by atoms with Gasteiger partial charge in [0, 0.05) is 39.8 Å². The lowest BCUT2D eigenvalue weighted by atomic mass is 9.87. The fourth-order valence-electron chi connectivity index (χ4n) is 4.70. The maximum atomic E-state index is 13.0. The van der Waals surface area contributed by atoms with Gasteiger partial charge in [-0.15, -0.1) is 0 Å². The Labute approximate surface area is 180 Å². The van der Waals surface area contributed by atoms with Crippen molar-refractivity contribution in [2.75, 3.05) is 46.9 Å². The highest BCUT2D eigenvalue weighted by atomic mass is 16.5. The summed E-state index contributed by atoms with van der Waals surface area (Å²) in [4.78, 5) is 19.8. The van der Waals surface area contributed by atoms with Crippen LogP contribution in [-0.2, 0) is 17.8 Å². The van der Waals surface area contributed by atoms with Crippen LogP contribution in [0.1, 0.15) is 35.6 Å². The Balaban J connectivity index is 1.27. The number of hydrogen-bond donors (Lipinski definition) is 0. The molecule has 0 unspecified atom stereocenters. The second-order valence-electron chi connectivity index (χ2n) is 8.51. The summed E-state index contributed by atoms with van der Waals surface area (Å²) in [5, 5.41) is 0.